The van der Waals surface area contributed by atoms with E-state index in [0.29, 0.717) is 0 Å². The molecule has 0 aromatic carbocycles. The molecule has 2 saturated heterocycles. The summed E-state index contributed by atoms with van der Waals surface area (Å²) in [6.45, 7) is 7.70. The van der Waals surface area contributed by atoms with Crippen molar-refractivity contribution in [2.24, 2.45) is 0 Å². The average Bonchev–Trinajstić information content (AvgIpc) is 2.55. The monoisotopic (exact) mass is 170 g/mol. The maximum Gasteiger partial charge on any atom is 0.121 e. The predicted octanol–water partition coefficient (Wildman–Crippen LogP) is 0.418. The van der Waals surface area contributed by atoms with Crippen LogP contribution in [-0.2, 0) is 4.74 Å². The smallest absolute Gasteiger partial charge is 0.121 e. The average molecular weight is 170 g/mol. The number of likely N-dealkylation sites (tertiary alicyclic amines) is 1. The fourth-order valence-corrected chi connectivity index (χ4v) is 2.13. The summed E-state index contributed by atoms with van der Waals surface area (Å²) in [4.78, 5) is 2.48. The first-order valence-electron chi connectivity index (χ1n) is 4.96. The van der Waals surface area contributed by atoms with Crippen LogP contribution in [-0.4, -0.2) is 43.4 Å². The van der Waals surface area contributed by atoms with Gasteiger partial charge in [0.05, 0.1) is 6.61 Å². The van der Waals surface area contributed by atoms with E-state index in [0.717, 1.165) is 26.0 Å². The predicted molar refractivity (Wildman–Crippen MR) is 48.0 cm³/mol. The molecule has 3 heteroatoms. The van der Waals surface area contributed by atoms with Gasteiger partial charge in [-0.05, 0) is 6.54 Å². The third kappa shape index (κ3) is 1.49. The zero-order chi connectivity index (χ0) is 8.44. The van der Waals surface area contributed by atoms with Crippen molar-refractivity contribution in [1.29, 1.82) is 0 Å². The van der Waals surface area contributed by atoms with Gasteiger partial charge in [0, 0.05) is 32.5 Å². The first-order chi connectivity index (χ1) is 5.85. The molecule has 0 aliphatic carbocycles. The Bertz CT molecular complexity index is 145. The van der Waals surface area contributed by atoms with Crippen molar-refractivity contribution in [3.8, 4) is 0 Å². The molecule has 2 fully saturated rings. The summed E-state index contributed by atoms with van der Waals surface area (Å²) < 4.78 is 5.74. The minimum Gasteiger partial charge on any atom is -0.359 e. The van der Waals surface area contributed by atoms with Crippen molar-refractivity contribution in [2.75, 3.05) is 32.8 Å². The number of piperidine rings is 1. The molecule has 2 aliphatic rings. The third-order valence-electron chi connectivity index (χ3n) is 3.04. The lowest BCUT2D eigenvalue weighted by Crippen LogP contribution is -2.50. The van der Waals surface area contributed by atoms with Crippen molar-refractivity contribution in [3.05, 3.63) is 0 Å². The van der Waals surface area contributed by atoms with Gasteiger partial charge in [-0.3, -0.25) is 5.32 Å². The summed E-state index contributed by atoms with van der Waals surface area (Å²) in [5.74, 6) is 0. The highest BCUT2D eigenvalue weighted by atomic mass is 16.5. The summed E-state index contributed by atoms with van der Waals surface area (Å²) in [6.07, 6.45) is 2.31. The van der Waals surface area contributed by atoms with E-state index >= 15 is 0 Å². The van der Waals surface area contributed by atoms with E-state index in [1.807, 2.05) is 0 Å². The van der Waals surface area contributed by atoms with Crippen molar-refractivity contribution in [3.63, 3.8) is 0 Å². The molecule has 0 radical (unpaired) electrons. The molecule has 70 valence electrons. The summed E-state index contributed by atoms with van der Waals surface area (Å²) in [6, 6.07) is 0. The fourth-order valence-electron chi connectivity index (χ4n) is 2.13. The third-order valence-corrected chi connectivity index (χ3v) is 3.04. The van der Waals surface area contributed by atoms with E-state index in [1.54, 1.807) is 0 Å². The number of hydrogen-bond acceptors (Lipinski definition) is 3. The van der Waals surface area contributed by atoms with E-state index in [1.165, 1.54) is 19.6 Å². The molecule has 2 aliphatic heterocycles. The second kappa shape index (κ2) is 3.32. The molecule has 0 aromatic heterocycles. The van der Waals surface area contributed by atoms with E-state index in [2.05, 4.69) is 17.1 Å². The highest BCUT2D eigenvalue weighted by Gasteiger charge is 2.37. The number of nitrogens with one attached hydrogen (secondary N) is 1. The van der Waals surface area contributed by atoms with Gasteiger partial charge >= 0.3 is 0 Å². The van der Waals surface area contributed by atoms with Crippen LogP contribution in [0.25, 0.3) is 0 Å². The van der Waals surface area contributed by atoms with Gasteiger partial charge in [-0.15, -0.1) is 0 Å². The van der Waals surface area contributed by atoms with Crippen LogP contribution in [0.2, 0.25) is 0 Å². The lowest BCUT2D eigenvalue weighted by molar-refractivity contribution is -0.0555. The van der Waals surface area contributed by atoms with Gasteiger partial charge in [-0.1, -0.05) is 6.92 Å². The summed E-state index contributed by atoms with van der Waals surface area (Å²) in [5, 5.41) is 3.47. The van der Waals surface area contributed by atoms with E-state index in [9.17, 15) is 0 Å². The van der Waals surface area contributed by atoms with Gasteiger partial charge < -0.3 is 9.64 Å². The van der Waals surface area contributed by atoms with Gasteiger partial charge in [-0.2, -0.15) is 0 Å². The van der Waals surface area contributed by atoms with Crippen molar-refractivity contribution >= 4 is 0 Å². The molecule has 12 heavy (non-hydrogen) atoms. The second-order valence-electron chi connectivity index (χ2n) is 3.70. The molecule has 0 unspecified atom stereocenters. The van der Waals surface area contributed by atoms with Crippen LogP contribution < -0.4 is 5.32 Å². The Labute approximate surface area is 74.1 Å². The molecule has 0 aromatic rings. The van der Waals surface area contributed by atoms with Crippen LogP contribution in [0.4, 0.5) is 0 Å². The molecule has 2 heterocycles. The molecule has 0 saturated carbocycles. The zero-order valence-corrected chi connectivity index (χ0v) is 7.81. The maximum atomic E-state index is 5.74. The van der Waals surface area contributed by atoms with Crippen molar-refractivity contribution in [2.45, 2.75) is 25.5 Å². The molecule has 3 nitrogen and oxygen atoms in total. The summed E-state index contributed by atoms with van der Waals surface area (Å²) in [5.41, 5.74) is 0.0612. The van der Waals surface area contributed by atoms with Gasteiger partial charge in [-0.25, -0.2) is 0 Å². The lowest BCUT2D eigenvalue weighted by atomic mass is 10.0. The Balaban J connectivity index is 1.88. The Morgan fingerprint density at radius 1 is 1.42 bits per heavy atom. The Morgan fingerprint density at radius 3 is 2.67 bits per heavy atom. The largest absolute Gasteiger partial charge is 0.359 e. The topological polar surface area (TPSA) is 24.5 Å². The number of rotatable bonds is 1. The van der Waals surface area contributed by atoms with Gasteiger partial charge in [0.25, 0.3) is 0 Å². The van der Waals surface area contributed by atoms with Gasteiger partial charge in [0.2, 0.25) is 0 Å². The molecular weight excluding hydrogens is 152 g/mol. The van der Waals surface area contributed by atoms with Crippen LogP contribution in [0, 0.1) is 0 Å². The van der Waals surface area contributed by atoms with Gasteiger partial charge in [0.1, 0.15) is 5.72 Å². The van der Waals surface area contributed by atoms with Crippen LogP contribution in [0.5, 0.6) is 0 Å². The quantitative estimate of drug-likeness (QED) is 0.617. The number of hydrogen-bond donors (Lipinski definition) is 1. The molecule has 2 rings (SSSR count). The Hall–Kier alpha value is -0.120. The lowest BCUT2D eigenvalue weighted by Gasteiger charge is -2.38. The molecule has 0 bridgehead atoms. The normalized spacial score (nSPS) is 29.8. The first-order valence-corrected chi connectivity index (χ1v) is 4.96. The molecule has 1 spiro atoms. The van der Waals surface area contributed by atoms with Crippen LogP contribution in [0.3, 0.4) is 0 Å². The standard InChI is InChI=1S/C9H18N2O/c1-2-11-6-3-9(4-7-11)10-5-8-12-9/h10H,2-8H2,1H3. The van der Waals surface area contributed by atoms with Crippen molar-refractivity contribution in [1.82, 2.24) is 10.2 Å². The minimum atomic E-state index is 0.0612. The Kier molecular flexibility index (Phi) is 2.35. The number of nitrogens with zero attached hydrogens (tertiary/aromatic N) is 1. The van der Waals surface area contributed by atoms with Crippen LogP contribution in [0.15, 0.2) is 0 Å². The summed E-state index contributed by atoms with van der Waals surface area (Å²) >= 11 is 0. The molecular formula is C9H18N2O. The zero-order valence-electron chi connectivity index (χ0n) is 7.81. The van der Waals surface area contributed by atoms with Crippen LogP contribution in [0.1, 0.15) is 19.8 Å². The fraction of sp³-hybridized carbons (Fsp3) is 1.00. The van der Waals surface area contributed by atoms with E-state index in [-0.39, 0.29) is 5.72 Å². The molecule has 0 amide bonds. The van der Waals surface area contributed by atoms with Crippen molar-refractivity contribution < 1.29 is 4.74 Å². The second-order valence-corrected chi connectivity index (χ2v) is 3.70. The molecule has 1 N–H and O–H groups in total. The minimum absolute atomic E-state index is 0.0612. The first kappa shape index (κ1) is 8.48. The highest BCUT2D eigenvalue weighted by Crippen LogP contribution is 2.25. The van der Waals surface area contributed by atoms with E-state index < -0.39 is 0 Å². The van der Waals surface area contributed by atoms with Crippen LogP contribution >= 0.6 is 0 Å². The van der Waals surface area contributed by atoms with Gasteiger partial charge in [0.15, 0.2) is 0 Å². The van der Waals surface area contributed by atoms with E-state index in [4.69, 9.17) is 4.74 Å². The SMILES string of the molecule is CCN1CCC2(CC1)NCCO2. The Morgan fingerprint density at radius 2 is 2.17 bits per heavy atom. The number of ether oxygens (including phenoxy) is 1. The molecule has 0 atom stereocenters. The maximum absolute atomic E-state index is 5.74. The summed E-state index contributed by atoms with van der Waals surface area (Å²) in [7, 11) is 0. The highest BCUT2D eigenvalue weighted by molar-refractivity contribution is 4.88.